The number of ether oxygens (including phenoxy) is 1. The molecule has 1 atom stereocenters. The van der Waals surface area contributed by atoms with Crippen LogP contribution in [0, 0.1) is 5.82 Å². The summed E-state index contributed by atoms with van der Waals surface area (Å²) < 4.78 is 19.5. The number of carbonyl (C=O) groups excluding carboxylic acids is 1. The van der Waals surface area contributed by atoms with Crippen LogP contribution >= 0.6 is 0 Å². The number of hydrogen-bond acceptors (Lipinski definition) is 3. The van der Waals surface area contributed by atoms with Gasteiger partial charge in [-0.1, -0.05) is 47.5 Å². The molecule has 4 rings (SSSR count). The van der Waals surface area contributed by atoms with Crippen molar-refractivity contribution in [1.82, 2.24) is 4.90 Å². The molecule has 0 unspecified atom stereocenters. The van der Waals surface area contributed by atoms with E-state index in [1.807, 2.05) is 30.3 Å². The van der Waals surface area contributed by atoms with Crippen molar-refractivity contribution in [3.8, 4) is 0 Å². The van der Waals surface area contributed by atoms with Crippen LogP contribution in [0.1, 0.15) is 47.2 Å². The SMILES string of the molecule is COC(=O)c1ccc([C@]2(Cc3ccccc3)CC(=C3CC3)CCN2C(=O)O)cc1F. The van der Waals surface area contributed by atoms with Gasteiger partial charge < -0.3 is 9.84 Å². The number of carboxylic acid groups (broad SMARTS) is 1. The number of benzene rings is 2. The summed E-state index contributed by atoms with van der Waals surface area (Å²) >= 11 is 0. The summed E-state index contributed by atoms with van der Waals surface area (Å²) in [7, 11) is 1.20. The van der Waals surface area contributed by atoms with Gasteiger partial charge in [-0.3, -0.25) is 4.90 Å². The summed E-state index contributed by atoms with van der Waals surface area (Å²) in [5, 5.41) is 10.0. The average molecular weight is 409 g/mol. The number of piperidine rings is 1. The second-order valence-electron chi connectivity index (χ2n) is 7.95. The van der Waals surface area contributed by atoms with Gasteiger partial charge in [0.25, 0.3) is 0 Å². The Kier molecular flexibility index (Phi) is 5.33. The topological polar surface area (TPSA) is 66.8 Å². The van der Waals surface area contributed by atoms with Gasteiger partial charge in [0.05, 0.1) is 18.2 Å². The van der Waals surface area contributed by atoms with Gasteiger partial charge in [-0.15, -0.1) is 0 Å². The van der Waals surface area contributed by atoms with Crippen molar-refractivity contribution in [2.75, 3.05) is 13.7 Å². The van der Waals surface area contributed by atoms with Gasteiger partial charge in [-0.2, -0.15) is 0 Å². The molecule has 2 aliphatic rings. The minimum absolute atomic E-state index is 0.158. The molecule has 0 aromatic heterocycles. The summed E-state index contributed by atoms with van der Waals surface area (Å²) in [6.07, 6.45) is 2.75. The smallest absolute Gasteiger partial charge is 0.408 e. The molecule has 1 aliphatic carbocycles. The number of carbonyl (C=O) groups is 2. The minimum Gasteiger partial charge on any atom is -0.465 e. The van der Waals surface area contributed by atoms with Crippen LogP contribution in [0.5, 0.6) is 0 Å². The standard InChI is InChI=1S/C24H24FNO4/c1-30-22(27)20-10-9-19(13-21(20)25)24(14-16-5-3-2-4-6-16)15-18(17-7-8-17)11-12-26(24)23(28)29/h2-6,9-10,13H,7-8,11-12,14-15H2,1H3,(H,28,29)/t24-/m0/s1. The van der Waals surface area contributed by atoms with Crippen molar-refractivity contribution in [2.24, 2.45) is 0 Å². The maximum absolute atomic E-state index is 14.9. The largest absolute Gasteiger partial charge is 0.465 e. The fourth-order valence-electron chi connectivity index (χ4n) is 4.53. The van der Waals surface area contributed by atoms with Gasteiger partial charge in [0.15, 0.2) is 0 Å². The molecule has 2 fully saturated rings. The van der Waals surface area contributed by atoms with Crippen LogP contribution in [0.25, 0.3) is 0 Å². The van der Waals surface area contributed by atoms with E-state index >= 15 is 0 Å². The summed E-state index contributed by atoms with van der Waals surface area (Å²) in [5.74, 6) is -1.46. The molecule has 2 aromatic rings. The predicted molar refractivity (Wildman–Crippen MR) is 110 cm³/mol. The Balaban J connectivity index is 1.86. The first kappa shape index (κ1) is 20.1. The summed E-state index contributed by atoms with van der Waals surface area (Å²) in [6, 6.07) is 14.0. The molecule has 1 amide bonds. The number of nitrogens with zero attached hydrogens (tertiary/aromatic N) is 1. The van der Waals surface area contributed by atoms with Crippen molar-refractivity contribution in [3.05, 3.63) is 82.2 Å². The quantitative estimate of drug-likeness (QED) is 0.575. The molecule has 30 heavy (non-hydrogen) atoms. The van der Waals surface area contributed by atoms with Gasteiger partial charge in [-0.05, 0) is 48.9 Å². The molecule has 2 aromatic carbocycles. The van der Waals surface area contributed by atoms with Crippen molar-refractivity contribution in [1.29, 1.82) is 0 Å². The number of amides is 1. The van der Waals surface area contributed by atoms with Gasteiger partial charge >= 0.3 is 12.1 Å². The van der Waals surface area contributed by atoms with Crippen LogP contribution in [0.2, 0.25) is 0 Å². The zero-order valence-electron chi connectivity index (χ0n) is 16.9. The lowest BCUT2D eigenvalue weighted by Crippen LogP contribution is -2.54. The summed E-state index contributed by atoms with van der Waals surface area (Å²) in [5.41, 5.74) is 3.10. The highest BCUT2D eigenvalue weighted by molar-refractivity contribution is 5.89. The number of likely N-dealkylation sites (tertiary alicyclic amines) is 1. The number of esters is 1. The Labute approximate surface area is 174 Å². The lowest BCUT2D eigenvalue weighted by atomic mass is 9.74. The maximum atomic E-state index is 14.9. The van der Waals surface area contributed by atoms with Gasteiger partial charge in [0, 0.05) is 13.0 Å². The molecular weight excluding hydrogens is 385 g/mol. The number of rotatable bonds is 4. The zero-order valence-corrected chi connectivity index (χ0v) is 16.9. The fraction of sp³-hybridized carbons (Fsp3) is 0.333. The second-order valence-corrected chi connectivity index (χ2v) is 7.95. The van der Waals surface area contributed by atoms with E-state index in [0.717, 1.165) is 18.4 Å². The third kappa shape index (κ3) is 3.70. The normalized spacial score (nSPS) is 20.8. The van der Waals surface area contributed by atoms with E-state index in [-0.39, 0.29) is 5.56 Å². The molecule has 1 aliphatic heterocycles. The van der Waals surface area contributed by atoms with Crippen molar-refractivity contribution >= 4 is 12.1 Å². The zero-order chi connectivity index (χ0) is 21.3. The highest BCUT2D eigenvalue weighted by atomic mass is 19.1. The van der Waals surface area contributed by atoms with E-state index in [1.54, 1.807) is 6.07 Å². The number of methoxy groups -OCH3 is 1. The Morgan fingerprint density at radius 1 is 1.10 bits per heavy atom. The van der Waals surface area contributed by atoms with Gasteiger partial charge in [0.2, 0.25) is 0 Å². The van der Waals surface area contributed by atoms with Gasteiger partial charge in [-0.25, -0.2) is 14.0 Å². The van der Waals surface area contributed by atoms with Crippen LogP contribution < -0.4 is 0 Å². The Bertz CT molecular complexity index is 1010. The molecule has 0 spiro atoms. The molecule has 1 saturated heterocycles. The highest BCUT2D eigenvalue weighted by Crippen LogP contribution is 2.47. The predicted octanol–water partition coefficient (Wildman–Crippen LogP) is 4.91. The van der Waals surface area contributed by atoms with E-state index in [1.165, 1.54) is 35.3 Å². The van der Waals surface area contributed by atoms with E-state index < -0.39 is 23.4 Å². The van der Waals surface area contributed by atoms with Crippen LogP contribution in [0.4, 0.5) is 9.18 Å². The lowest BCUT2D eigenvalue weighted by Gasteiger charge is -2.47. The monoisotopic (exact) mass is 409 g/mol. The molecule has 0 radical (unpaired) electrons. The van der Waals surface area contributed by atoms with E-state index in [0.29, 0.717) is 31.4 Å². The molecule has 1 saturated carbocycles. The second kappa shape index (κ2) is 7.94. The average Bonchev–Trinajstić information content (AvgIpc) is 3.59. The Morgan fingerprint density at radius 3 is 2.43 bits per heavy atom. The van der Waals surface area contributed by atoms with E-state index in [9.17, 15) is 19.1 Å². The van der Waals surface area contributed by atoms with E-state index in [4.69, 9.17) is 0 Å². The number of allylic oxidation sites excluding steroid dienone is 1. The Morgan fingerprint density at radius 2 is 1.83 bits per heavy atom. The molecule has 1 N–H and O–H groups in total. The summed E-state index contributed by atoms with van der Waals surface area (Å²) in [6.45, 7) is 0.362. The maximum Gasteiger partial charge on any atom is 0.408 e. The van der Waals surface area contributed by atoms with Crippen LogP contribution in [0.15, 0.2) is 59.7 Å². The molecular formula is C24H24FNO4. The van der Waals surface area contributed by atoms with Crippen molar-refractivity contribution in [3.63, 3.8) is 0 Å². The number of hydrogen-bond donors (Lipinski definition) is 1. The molecule has 0 bridgehead atoms. The fourth-order valence-corrected chi connectivity index (χ4v) is 4.53. The first-order chi connectivity index (χ1) is 14.4. The van der Waals surface area contributed by atoms with Crippen molar-refractivity contribution < 1.29 is 23.8 Å². The Hall–Kier alpha value is -3.15. The van der Waals surface area contributed by atoms with Crippen LogP contribution in [0.3, 0.4) is 0 Å². The minimum atomic E-state index is -1.02. The summed E-state index contributed by atoms with van der Waals surface area (Å²) in [4.78, 5) is 25.6. The van der Waals surface area contributed by atoms with Crippen molar-refractivity contribution in [2.45, 2.75) is 37.6 Å². The van der Waals surface area contributed by atoms with Gasteiger partial charge in [0.1, 0.15) is 5.82 Å². The highest BCUT2D eigenvalue weighted by Gasteiger charge is 2.46. The molecule has 1 heterocycles. The molecule has 6 heteroatoms. The van der Waals surface area contributed by atoms with E-state index in [2.05, 4.69) is 4.74 Å². The first-order valence-corrected chi connectivity index (χ1v) is 10.1. The molecule has 156 valence electrons. The third-order valence-corrected chi connectivity index (χ3v) is 6.14. The third-order valence-electron chi connectivity index (χ3n) is 6.14. The lowest BCUT2D eigenvalue weighted by molar-refractivity contribution is 0.0571. The van der Waals surface area contributed by atoms with Crippen LogP contribution in [-0.4, -0.2) is 35.7 Å². The van der Waals surface area contributed by atoms with Crippen LogP contribution in [-0.2, 0) is 16.7 Å². The number of halogens is 1. The first-order valence-electron chi connectivity index (χ1n) is 10.1. The molecule has 5 nitrogen and oxygen atoms in total.